The minimum atomic E-state index is -3.13. The van der Waals surface area contributed by atoms with Crippen molar-refractivity contribution in [3.63, 3.8) is 0 Å². The van der Waals surface area contributed by atoms with E-state index in [-0.39, 0.29) is 24.2 Å². The second kappa shape index (κ2) is 7.20. The fraction of sp³-hybridized carbons (Fsp3) is 0.600. The summed E-state index contributed by atoms with van der Waals surface area (Å²) in [5, 5.41) is 3.13. The van der Waals surface area contributed by atoms with Crippen molar-refractivity contribution in [3.8, 4) is 0 Å². The van der Waals surface area contributed by atoms with Crippen LogP contribution in [0, 0.1) is 20.8 Å². The molecule has 1 atom stereocenters. The molecular weight excluding hydrogens is 274 g/mol. The van der Waals surface area contributed by atoms with Gasteiger partial charge < -0.3 is 10.1 Å². The quantitative estimate of drug-likeness (QED) is 0.836. The second-order valence-corrected chi connectivity index (χ2v) is 7.49. The standard InChI is InChI=1S/C15H25NO3S/c1-11-8-12(2)15(13(3)9-11)14(16-4)10-20(17,18)7-6-19-5/h8-9,14,16H,6-7,10H2,1-5H3. The predicted octanol–water partition coefficient (Wildman–Crippen LogP) is 1.93. The van der Waals surface area contributed by atoms with Crippen LogP contribution >= 0.6 is 0 Å². The maximum atomic E-state index is 12.1. The summed E-state index contributed by atoms with van der Waals surface area (Å²) in [4.78, 5) is 0. The molecule has 0 amide bonds. The van der Waals surface area contributed by atoms with E-state index in [9.17, 15) is 8.42 Å². The predicted molar refractivity (Wildman–Crippen MR) is 83.0 cm³/mol. The minimum Gasteiger partial charge on any atom is -0.384 e. The molecule has 4 nitrogen and oxygen atoms in total. The topological polar surface area (TPSA) is 55.4 Å². The van der Waals surface area contributed by atoms with Crippen LogP contribution in [0.1, 0.15) is 28.3 Å². The van der Waals surface area contributed by atoms with Crippen LogP contribution in [-0.4, -0.2) is 40.7 Å². The van der Waals surface area contributed by atoms with Crippen LogP contribution in [0.3, 0.4) is 0 Å². The third kappa shape index (κ3) is 4.58. The van der Waals surface area contributed by atoms with Gasteiger partial charge in [0.1, 0.15) is 0 Å². The normalized spacial score (nSPS) is 13.4. The monoisotopic (exact) mass is 299 g/mol. The molecule has 0 aliphatic heterocycles. The highest BCUT2D eigenvalue weighted by molar-refractivity contribution is 7.91. The lowest BCUT2D eigenvalue weighted by Crippen LogP contribution is -2.29. The number of ether oxygens (including phenoxy) is 1. The fourth-order valence-electron chi connectivity index (χ4n) is 2.60. The van der Waals surface area contributed by atoms with E-state index in [0.717, 1.165) is 16.7 Å². The zero-order chi connectivity index (χ0) is 15.3. The molecule has 0 aromatic heterocycles. The number of sulfone groups is 1. The van der Waals surface area contributed by atoms with Crippen molar-refractivity contribution in [3.05, 3.63) is 34.4 Å². The van der Waals surface area contributed by atoms with E-state index in [1.807, 2.05) is 20.8 Å². The van der Waals surface area contributed by atoms with E-state index in [1.54, 1.807) is 7.05 Å². The van der Waals surface area contributed by atoms with E-state index < -0.39 is 9.84 Å². The summed E-state index contributed by atoms with van der Waals surface area (Å²) in [5.41, 5.74) is 4.53. The van der Waals surface area contributed by atoms with Gasteiger partial charge in [0.2, 0.25) is 0 Å². The van der Waals surface area contributed by atoms with Crippen molar-refractivity contribution >= 4 is 9.84 Å². The lowest BCUT2D eigenvalue weighted by molar-refractivity contribution is 0.217. The molecule has 0 bridgehead atoms. The summed E-state index contributed by atoms with van der Waals surface area (Å²) < 4.78 is 29.1. The van der Waals surface area contributed by atoms with Gasteiger partial charge in [0.25, 0.3) is 0 Å². The van der Waals surface area contributed by atoms with Crippen LogP contribution < -0.4 is 5.32 Å². The van der Waals surface area contributed by atoms with Crippen LogP contribution in [0.25, 0.3) is 0 Å². The third-order valence-corrected chi connectivity index (χ3v) is 5.08. The molecule has 0 saturated carbocycles. The molecule has 0 radical (unpaired) electrons. The SMILES string of the molecule is CNC(CS(=O)(=O)CCOC)c1c(C)cc(C)cc1C. The van der Waals surface area contributed by atoms with Crippen molar-refractivity contribution in [1.29, 1.82) is 0 Å². The van der Waals surface area contributed by atoms with Crippen LogP contribution in [-0.2, 0) is 14.6 Å². The molecule has 0 heterocycles. The molecule has 0 fully saturated rings. The Hall–Kier alpha value is -0.910. The largest absolute Gasteiger partial charge is 0.384 e. The van der Waals surface area contributed by atoms with E-state index in [0.29, 0.717) is 0 Å². The highest BCUT2D eigenvalue weighted by Gasteiger charge is 2.22. The van der Waals surface area contributed by atoms with Gasteiger partial charge in [-0.3, -0.25) is 0 Å². The summed E-state index contributed by atoms with van der Waals surface area (Å²) >= 11 is 0. The Bertz CT molecular complexity index is 529. The van der Waals surface area contributed by atoms with Gasteiger partial charge in [-0.2, -0.15) is 0 Å². The van der Waals surface area contributed by atoms with Crippen LogP contribution in [0.4, 0.5) is 0 Å². The number of hydrogen-bond donors (Lipinski definition) is 1. The number of nitrogens with one attached hydrogen (secondary N) is 1. The molecule has 1 rings (SSSR count). The van der Waals surface area contributed by atoms with Crippen molar-refractivity contribution < 1.29 is 13.2 Å². The average molecular weight is 299 g/mol. The van der Waals surface area contributed by atoms with Gasteiger partial charge >= 0.3 is 0 Å². The number of hydrogen-bond acceptors (Lipinski definition) is 4. The molecule has 5 heteroatoms. The van der Waals surface area contributed by atoms with Crippen molar-refractivity contribution in [2.45, 2.75) is 26.8 Å². The Balaban J connectivity index is 3.03. The smallest absolute Gasteiger partial charge is 0.154 e. The van der Waals surface area contributed by atoms with Gasteiger partial charge in [-0.25, -0.2) is 8.42 Å². The Morgan fingerprint density at radius 1 is 1.20 bits per heavy atom. The minimum absolute atomic E-state index is 0.0611. The number of rotatable bonds is 7. The Labute approximate surface area is 122 Å². The molecule has 20 heavy (non-hydrogen) atoms. The highest BCUT2D eigenvalue weighted by Crippen LogP contribution is 2.24. The average Bonchev–Trinajstić information content (AvgIpc) is 2.33. The first-order valence-electron chi connectivity index (χ1n) is 6.75. The summed E-state index contributed by atoms with van der Waals surface area (Å²) in [6.45, 7) is 6.35. The lowest BCUT2D eigenvalue weighted by atomic mass is 9.95. The van der Waals surface area contributed by atoms with E-state index in [1.165, 1.54) is 12.7 Å². The Morgan fingerprint density at radius 3 is 2.20 bits per heavy atom. The van der Waals surface area contributed by atoms with Crippen LogP contribution in [0.2, 0.25) is 0 Å². The maximum absolute atomic E-state index is 12.1. The van der Waals surface area contributed by atoms with Gasteiger partial charge in [-0.05, 0) is 44.5 Å². The summed E-state index contributed by atoms with van der Waals surface area (Å²) in [5.74, 6) is 0.156. The lowest BCUT2D eigenvalue weighted by Gasteiger charge is -2.22. The molecule has 0 aliphatic rings. The fourth-order valence-corrected chi connectivity index (χ4v) is 4.03. The number of benzene rings is 1. The third-order valence-electron chi connectivity index (χ3n) is 3.45. The second-order valence-electron chi connectivity index (χ2n) is 5.26. The van der Waals surface area contributed by atoms with Gasteiger partial charge in [-0.1, -0.05) is 17.7 Å². The first kappa shape index (κ1) is 17.1. The Kier molecular flexibility index (Phi) is 6.17. The zero-order valence-corrected chi connectivity index (χ0v) is 13.8. The number of aryl methyl sites for hydroxylation is 3. The summed E-state index contributed by atoms with van der Waals surface area (Å²) in [7, 11) is 0.180. The molecule has 1 unspecified atom stereocenters. The molecule has 114 valence electrons. The molecule has 1 aromatic rings. The van der Waals surface area contributed by atoms with E-state index in [4.69, 9.17) is 4.74 Å². The van der Waals surface area contributed by atoms with Gasteiger partial charge in [0.15, 0.2) is 9.84 Å². The maximum Gasteiger partial charge on any atom is 0.154 e. The molecule has 0 spiro atoms. The molecule has 0 saturated heterocycles. The highest BCUT2D eigenvalue weighted by atomic mass is 32.2. The van der Waals surface area contributed by atoms with Crippen LogP contribution in [0.15, 0.2) is 12.1 Å². The molecular formula is C15H25NO3S. The van der Waals surface area contributed by atoms with Gasteiger partial charge in [0, 0.05) is 13.2 Å². The van der Waals surface area contributed by atoms with Gasteiger partial charge in [-0.15, -0.1) is 0 Å². The van der Waals surface area contributed by atoms with Crippen LogP contribution in [0.5, 0.6) is 0 Å². The van der Waals surface area contributed by atoms with Crippen molar-refractivity contribution in [1.82, 2.24) is 5.32 Å². The Morgan fingerprint density at radius 2 is 1.75 bits per heavy atom. The van der Waals surface area contributed by atoms with E-state index in [2.05, 4.69) is 17.4 Å². The van der Waals surface area contributed by atoms with Crippen molar-refractivity contribution in [2.75, 3.05) is 32.3 Å². The van der Waals surface area contributed by atoms with Gasteiger partial charge in [0.05, 0.1) is 18.1 Å². The zero-order valence-electron chi connectivity index (χ0n) is 13.0. The van der Waals surface area contributed by atoms with Crippen molar-refractivity contribution in [2.24, 2.45) is 0 Å². The summed E-state index contributed by atoms with van der Waals surface area (Å²) in [6, 6.07) is 4.00. The first-order chi connectivity index (χ1) is 9.30. The summed E-state index contributed by atoms with van der Waals surface area (Å²) in [6.07, 6.45) is 0. The molecule has 1 aromatic carbocycles. The van der Waals surface area contributed by atoms with E-state index >= 15 is 0 Å². The molecule has 1 N–H and O–H groups in total. The molecule has 0 aliphatic carbocycles. The number of methoxy groups -OCH3 is 1. The first-order valence-corrected chi connectivity index (χ1v) is 8.57.